The Bertz CT molecular complexity index is 943. The maximum atomic E-state index is 12.6. The van der Waals surface area contributed by atoms with Gasteiger partial charge in [-0.3, -0.25) is 4.79 Å². The second-order valence-electron chi connectivity index (χ2n) is 6.43. The van der Waals surface area contributed by atoms with Gasteiger partial charge in [-0.15, -0.1) is 0 Å². The number of aromatic nitrogens is 1. The Morgan fingerprint density at radius 2 is 1.76 bits per heavy atom. The van der Waals surface area contributed by atoms with E-state index < -0.39 is 0 Å². The van der Waals surface area contributed by atoms with Gasteiger partial charge < -0.3 is 19.7 Å². The molecule has 1 aromatic heterocycles. The number of rotatable bonds is 8. The van der Waals surface area contributed by atoms with Crippen LogP contribution in [0.5, 0.6) is 11.5 Å². The molecule has 150 valence electrons. The number of nitrogens with one attached hydrogen (secondary N) is 1. The zero-order valence-corrected chi connectivity index (χ0v) is 16.9. The Morgan fingerprint density at radius 3 is 2.38 bits per heavy atom. The molecule has 29 heavy (non-hydrogen) atoms. The Morgan fingerprint density at radius 1 is 1.00 bits per heavy atom. The fourth-order valence-corrected chi connectivity index (χ4v) is 2.99. The predicted octanol–water partition coefficient (Wildman–Crippen LogP) is 4.38. The zero-order chi connectivity index (χ0) is 20.6. The number of nitrogens with zero attached hydrogens (tertiary/aromatic N) is 2. The molecule has 0 aliphatic heterocycles. The predicted molar refractivity (Wildman–Crippen MR) is 115 cm³/mol. The number of hydrogen-bond donors (Lipinski definition) is 1. The molecule has 0 radical (unpaired) electrons. The first-order chi connectivity index (χ1) is 14.1. The molecule has 1 amide bonds. The third-order valence-corrected chi connectivity index (χ3v) is 4.57. The first-order valence-corrected chi connectivity index (χ1v) is 9.43. The monoisotopic (exact) mass is 391 g/mol. The van der Waals surface area contributed by atoms with Crippen molar-refractivity contribution in [3.05, 3.63) is 78.0 Å². The lowest BCUT2D eigenvalue weighted by Gasteiger charge is -2.22. The summed E-state index contributed by atoms with van der Waals surface area (Å²) in [5.41, 5.74) is 2.33. The van der Waals surface area contributed by atoms with Gasteiger partial charge in [0.15, 0.2) is 11.5 Å². The smallest absolute Gasteiger partial charge is 0.255 e. The molecule has 1 heterocycles. The van der Waals surface area contributed by atoms with Crippen molar-refractivity contribution in [3.8, 4) is 11.5 Å². The van der Waals surface area contributed by atoms with E-state index in [9.17, 15) is 4.79 Å². The number of amides is 1. The Kier molecular flexibility index (Phi) is 6.68. The number of ether oxygens (including phenoxy) is 2. The van der Waals surface area contributed by atoms with Crippen LogP contribution in [0.25, 0.3) is 0 Å². The van der Waals surface area contributed by atoms with Gasteiger partial charge in [0.25, 0.3) is 5.91 Å². The van der Waals surface area contributed by atoms with Gasteiger partial charge in [-0.2, -0.15) is 0 Å². The van der Waals surface area contributed by atoms with Gasteiger partial charge in [-0.1, -0.05) is 30.3 Å². The Balaban J connectivity index is 1.69. The molecule has 0 bridgehead atoms. The van der Waals surface area contributed by atoms with Crippen LogP contribution in [0.3, 0.4) is 0 Å². The largest absolute Gasteiger partial charge is 0.493 e. The van der Waals surface area contributed by atoms with Crippen molar-refractivity contribution in [1.82, 2.24) is 4.98 Å². The summed E-state index contributed by atoms with van der Waals surface area (Å²) in [6.45, 7) is 3.71. The molecule has 6 heteroatoms. The summed E-state index contributed by atoms with van der Waals surface area (Å²) in [6, 6.07) is 19.1. The molecule has 0 saturated carbocycles. The van der Waals surface area contributed by atoms with Gasteiger partial charge >= 0.3 is 0 Å². The molecule has 2 aromatic carbocycles. The summed E-state index contributed by atoms with van der Waals surface area (Å²) in [5.74, 6) is 1.71. The van der Waals surface area contributed by atoms with E-state index in [4.69, 9.17) is 9.47 Å². The molecule has 6 nitrogen and oxygen atoms in total. The lowest BCUT2D eigenvalue weighted by Crippen LogP contribution is -2.23. The SMILES string of the molecule is CCN(Cc1ccccc1)c1ccc(NC(=O)c2ccc(OC)c(OC)c2)cn1. The molecule has 0 fully saturated rings. The summed E-state index contributed by atoms with van der Waals surface area (Å²) >= 11 is 0. The number of benzene rings is 2. The zero-order valence-electron chi connectivity index (χ0n) is 16.9. The lowest BCUT2D eigenvalue weighted by atomic mass is 10.2. The second-order valence-corrected chi connectivity index (χ2v) is 6.43. The molecule has 0 aliphatic rings. The molecule has 0 saturated heterocycles. The van der Waals surface area contributed by atoms with E-state index >= 15 is 0 Å². The fraction of sp³-hybridized carbons (Fsp3) is 0.217. The average Bonchev–Trinajstić information content (AvgIpc) is 2.78. The number of methoxy groups -OCH3 is 2. The highest BCUT2D eigenvalue weighted by Gasteiger charge is 2.12. The molecule has 0 atom stereocenters. The molecule has 3 aromatic rings. The van der Waals surface area contributed by atoms with Crippen molar-refractivity contribution in [1.29, 1.82) is 0 Å². The average molecular weight is 391 g/mol. The number of hydrogen-bond acceptors (Lipinski definition) is 5. The first kappa shape index (κ1) is 20.2. The topological polar surface area (TPSA) is 63.7 Å². The lowest BCUT2D eigenvalue weighted by molar-refractivity contribution is 0.102. The molecule has 0 spiro atoms. The molecule has 0 unspecified atom stereocenters. The first-order valence-electron chi connectivity index (χ1n) is 9.43. The van der Waals surface area contributed by atoms with E-state index in [1.165, 1.54) is 12.7 Å². The molecule has 3 rings (SSSR count). The molecular formula is C23H25N3O3. The number of carbonyl (C=O) groups excluding carboxylic acids is 1. The number of pyridine rings is 1. The van der Waals surface area contributed by atoms with Crippen LogP contribution >= 0.6 is 0 Å². The summed E-state index contributed by atoms with van der Waals surface area (Å²) in [7, 11) is 3.10. The minimum Gasteiger partial charge on any atom is -0.493 e. The summed E-state index contributed by atoms with van der Waals surface area (Å²) in [6.07, 6.45) is 1.67. The fourth-order valence-electron chi connectivity index (χ4n) is 2.99. The van der Waals surface area contributed by atoms with Gasteiger partial charge in [0.05, 0.1) is 26.1 Å². The van der Waals surface area contributed by atoms with Crippen LogP contribution in [0.4, 0.5) is 11.5 Å². The number of anilines is 2. The van der Waals surface area contributed by atoms with E-state index in [0.717, 1.165) is 18.9 Å². The highest BCUT2D eigenvalue weighted by molar-refractivity contribution is 6.04. The van der Waals surface area contributed by atoms with Gasteiger partial charge in [0.2, 0.25) is 0 Å². The Labute approximate surface area is 171 Å². The van der Waals surface area contributed by atoms with E-state index in [-0.39, 0.29) is 5.91 Å². The van der Waals surface area contributed by atoms with Gasteiger partial charge in [0.1, 0.15) is 5.82 Å². The van der Waals surface area contributed by atoms with E-state index in [0.29, 0.717) is 22.7 Å². The van der Waals surface area contributed by atoms with Crippen molar-refractivity contribution in [2.45, 2.75) is 13.5 Å². The van der Waals surface area contributed by atoms with Crippen LogP contribution in [0.15, 0.2) is 66.9 Å². The van der Waals surface area contributed by atoms with Crippen LogP contribution in [0, 0.1) is 0 Å². The quantitative estimate of drug-likeness (QED) is 0.617. The van der Waals surface area contributed by atoms with Crippen molar-refractivity contribution in [2.24, 2.45) is 0 Å². The van der Waals surface area contributed by atoms with E-state index in [1.807, 2.05) is 30.3 Å². The maximum absolute atomic E-state index is 12.6. The molecule has 0 aliphatic carbocycles. The Hall–Kier alpha value is -3.54. The van der Waals surface area contributed by atoms with Gasteiger partial charge in [0, 0.05) is 18.7 Å². The van der Waals surface area contributed by atoms with Crippen LogP contribution in [0.1, 0.15) is 22.8 Å². The molecular weight excluding hydrogens is 366 g/mol. The van der Waals surface area contributed by atoms with Crippen LogP contribution < -0.4 is 19.7 Å². The van der Waals surface area contributed by atoms with E-state index in [1.54, 1.807) is 31.5 Å². The highest BCUT2D eigenvalue weighted by Crippen LogP contribution is 2.28. The normalized spacial score (nSPS) is 10.3. The van der Waals surface area contributed by atoms with Gasteiger partial charge in [-0.05, 0) is 42.8 Å². The summed E-state index contributed by atoms with van der Waals surface area (Å²) < 4.78 is 10.5. The minimum atomic E-state index is -0.239. The minimum absolute atomic E-state index is 0.239. The van der Waals surface area contributed by atoms with Crippen molar-refractivity contribution in [3.63, 3.8) is 0 Å². The van der Waals surface area contributed by atoms with Crippen LogP contribution in [-0.4, -0.2) is 31.7 Å². The molecule has 1 N–H and O–H groups in total. The van der Waals surface area contributed by atoms with E-state index in [2.05, 4.69) is 34.3 Å². The third-order valence-electron chi connectivity index (χ3n) is 4.57. The summed E-state index contributed by atoms with van der Waals surface area (Å²) in [5, 5.41) is 2.86. The second kappa shape index (κ2) is 9.59. The highest BCUT2D eigenvalue weighted by atomic mass is 16.5. The van der Waals surface area contributed by atoms with Crippen LogP contribution in [-0.2, 0) is 6.54 Å². The van der Waals surface area contributed by atoms with Crippen molar-refractivity contribution >= 4 is 17.4 Å². The standard InChI is InChI=1S/C23H25N3O3/c1-4-26(16-17-8-6-5-7-9-17)22-13-11-19(15-24-22)25-23(27)18-10-12-20(28-2)21(14-18)29-3/h5-15H,4,16H2,1-3H3,(H,25,27). The van der Waals surface area contributed by atoms with Gasteiger partial charge in [-0.25, -0.2) is 4.98 Å². The number of carbonyl (C=O) groups is 1. The maximum Gasteiger partial charge on any atom is 0.255 e. The summed E-state index contributed by atoms with van der Waals surface area (Å²) in [4.78, 5) is 19.2. The van der Waals surface area contributed by atoms with Crippen molar-refractivity contribution in [2.75, 3.05) is 31.0 Å². The van der Waals surface area contributed by atoms with Crippen molar-refractivity contribution < 1.29 is 14.3 Å². The third kappa shape index (κ3) is 5.04. The van der Waals surface area contributed by atoms with Crippen LogP contribution in [0.2, 0.25) is 0 Å².